The van der Waals surface area contributed by atoms with Crippen molar-refractivity contribution in [3.63, 3.8) is 0 Å². The summed E-state index contributed by atoms with van der Waals surface area (Å²) in [5.41, 5.74) is 1.42. The van der Waals surface area contributed by atoms with Crippen molar-refractivity contribution in [1.82, 2.24) is 5.32 Å². The molecule has 0 aliphatic rings. The lowest BCUT2D eigenvalue weighted by Crippen LogP contribution is -2.34. The average molecular weight is 555 g/mol. The van der Waals surface area contributed by atoms with Gasteiger partial charge in [0, 0.05) is 16.6 Å². The first kappa shape index (κ1) is 27.1. The number of anilines is 2. The summed E-state index contributed by atoms with van der Waals surface area (Å²) in [7, 11) is 0. The lowest BCUT2D eigenvalue weighted by atomic mass is 10.2. The summed E-state index contributed by atoms with van der Waals surface area (Å²) in [4.78, 5) is 24.7. The predicted octanol–water partition coefficient (Wildman–Crippen LogP) is 6.93. The summed E-state index contributed by atoms with van der Waals surface area (Å²) < 4.78 is 6.60. The number of rotatable bonds is 11. The van der Waals surface area contributed by atoms with Gasteiger partial charge in [-0.1, -0.05) is 60.6 Å². The number of hydrogen-bond donors (Lipinski definition) is 3. The van der Waals surface area contributed by atoms with Crippen LogP contribution in [0.2, 0.25) is 5.02 Å². The summed E-state index contributed by atoms with van der Waals surface area (Å²) in [6.07, 6.45) is 5.49. The Labute approximate surface area is 213 Å². The van der Waals surface area contributed by atoms with Crippen LogP contribution in [0.4, 0.5) is 11.4 Å². The number of carbonyl (C=O) groups is 2. The van der Waals surface area contributed by atoms with Gasteiger partial charge in [-0.05, 0) is 61.5 Å². The Morgan fingerprint density at radius 1 is 1.03 bits per heavy atom. The highest BCUT2D eigenvalue weighted by Gasteiger charge is 2.16. The molecule has 0 aliphatic carbocycles. The largest absolute Gasteiger partial charge is 0.493 e. The van der Waals surface area contributed by atoms with E-state index >= 15 is 0 Å². The summed E-state index contributed by atoms with van der Waals surface area (Å²) in [6, 6.07) is 10.3. The minimum atomic E-state index is -0.402. The predicted molar refractivity (Wildman–Crippen MR) is 142 cm³/mol. The molecule has 178 valence electrons. The van der Waals surface area contributed by atoms with Crippen molar-refractivity contribution in [3.05, 3.63) is 51.5 Å². The zero-order valence-electron chi connectivity index (χ0n) is 18.8. The van der Waals surface area contributed by atoms with Crippen LogP contribution >= 0.6 is 39.7 Å². The van der Waals surface area contributed by atoms with E-state index in [-0.39, 0.29) is 11.0 Å². The number of nitrogens with one attached hydrogen (secondary N) is 3. The molecule has 33 heavy (non-hydrogen) atoms. The highest BCUT2D eigenvalue weighted by molar-refractivity contribution is 9.10. The molecule has 0 fully saturated rings. The molecule has 0 spiro atoms. The van der Waals surface area contributed by atoms with E-state index in [1.807, 2.05) is 13.0 Å². The van der Waals surface area contributed by atoms with Crippen LogP contribution in [0.25, 0.3) is 0 Å². The average Bonchev–Trinajstić information content (AvgIpc) is 2.76. The maximum absolute atomic E-state index is 12.9. The van der Waals surface area contributed by atoms with E-state index in [2.05, 4.69) is 38.8 Å². The molecular weight excluding hydrogens is 526 g/mol. The van der Waals surface area contributed by atoms with Crippen LogP contribution < -0.4 is 20.7 Å². The van der Waals surface area contributed by atoms with Crippen molar-refractivity contribution in [3.8, 4) is 5.75 Å². The lowest BCUT2D eigenvalue weighted by Gasteiger charge is -2.15. The molecule has 2 aromatic carbocycles. The molecule has 0 heterocycles. The first-order valence-corrected chi connectivity index (χ1v) is 12.6. The van der Waals surface area contributed by atoms with Gasteiger partial charge in [-0.15, -0.1) is 0 Å². The number of benzene rings is 2. The number of thiocarbonyl (C=S) groups is 1. The molecule has 2 rings (SSSR count). The van der Waals surface area contributed by atoms with E-state index in [1.165, 1.54) is 0 Å². The summed E-state index contributed by atoms with van der Waals surface area (Å²) in [5, 5.41) is 8.87. The maximum atomic E-state index is 12.9. The summed E-state index contributed by atoms with van der Waals surface area (Å²) in [6.45, 7) is 4.63. The number of amides is 2. The van der Waals surface area contributed by atoms with Crippen LogP contribution in [0, 0.1) is 0 Å². The molecule has 2 aromatic rings. The van der Waals surface area contributed by atoms with Crippen molar-refractivity contribution in [2.45, 2.75) is 52.4 Å². The normalized spacial score (nSPS) is 10.4. The van der Waals surface area contributed by atoms with E-state index in [4.69, 9.17) is 28.6 Å². The third-order valence-electron chi connectivity index (χ3n) is 4.64. The minimum Gasteiger partial charge on any atom is -0.493 e. The molecule has 9 heteroatoms. The SMILES string of the molecule is CCCCCCOc1ccc(Br)cc1C(=O)NC(=S)Nc1cc(NC(=O)CCC)ccc1Cl. The van der Waals surface area contributed by atoms with Gasteiger partial charge in [-0.25, -0.2) is 0 Å². The van der Waals surface area contributed by atoms with Gasteiger partial charge < -0.3 is 15.4 Å². The highest BCUT2D eigenvalue weighted by atomic mass is 79.9. The third kappa shape index (κ3) is 9.31. The molecule has 3 N–H and O–H groups in total. The van der Waals surface area contributed by atoms with Crippen molar-refractivity contribution in [2.24, 2.45) is 0 Å². The molecule has 0 aromatic heterocycles. The molecule has 0 unspecified atom stereocenters. The standard InChI is InChI=1S/C24H29BrClN3O3S/c1-3-5-6-7-13-32-21-12-9-16(25)14-18(21)23(31)29-24(33)28-20-15-17(10-11-19(20)26)27-22(30)8-4-2/h9-12,14-15H,3-8,13H2,1-2H3,(H,27,30)(H2,28,29,31,33). The van der Waals surface area contributed by atoms with E-state index < -0.39 is 5.91 Å². The van der Waals surface area contributed by atoms with Gasteiger partial charge in [0.25, 0.3) is 5.91 Å². The van der Waals surface area contributed by atoms with E-state index in [9.17, 15) is 9.59 Å². The maximum Gasteiger partial charge on any atom is 0.261 e. The van der Waals surface area contributed by atoms with Crippen LogP contribution in [0.1, 0.15) is 62.7 Å². The fourth-order valence-electron chi connectivity index (χ4n) is 2.99. The zero-order valence-corrected chi connectivity index (χ0v) is 22.0. The van der Waals surface area contributed by atoms with Crippen LogP contribution in [-0.2, 0) is 4.79 Å². The Morgan fingerprint density at radius 3 is 2.55 bits per heavy atom. The summed E-state index contributed by atoms with van der Waals surface area (Å²) >= 11 is 15.0. The van der Waals surface area contributed by atoms with Crippen LogP contribution in [0.3, 0.4) is 0 Å². The third-order valence-corrected chi connectivity index (χ3v) is 5.67. The molecule has 6 nitrogen and oxygen atoms in total. The van der Waals surface area contributed by atoms with Gasteiger partial charge in [0.15, 0.2) is 5.11 Å². The number of halogens is 2. The first-order valence-electron chi connectivity index (χ1n) is 11.0. The highest BCUT2D eigenvalue weighted by Crippen LogP contribution is 2.26. The Balaban J connectivity index is 2.04. The second-order valence-corrected chi connectivity index (χ2v) is 9.18. The second-order valence-electron chi connectivity index (χ2n) is 7.45. The number of hydrogen-bond acceptors (Lipinski definition) is 4. The van der Waals surface area contributed by atoms with Crippen LogP contribution in [0.15, 0.2) is 40.9 Å². The Morgan fingerprint density at radius 2 is 1.82 bits per heavy atom. The zero-order chi connectivity index (χ0) is 24.2. The Bertz CT molecular complexity index is 987. The quantitative estimate of drug-likeness (QED) is 0.207. The van der Waals surface area contributed by atoms with Gasteiger partial charge in [0.1, 0.15) is 5.75 Å². The van der Waals surface area contributed by atoms with Crippen molar-refractivity contribution in [2.75, 3.05) is 17.2 Å². The van der Waals surface area contributed by atoms with Crippen molar-refractivity contribution < 1.29 is 14.3 Å². The topological polar surface area (TPSA) is 79.5 Å². The Hall–Kier alpha value is -2.16. The van der Waals surface area contributed by atoms with Crippen LogP contribution in [0.5, 0.6) is 5.75 Å². The molecular formula is C24H29BrClN3O3S. The minimum absolute atomic E-state index is 0.0767. The fourth-order valence-corrected chi connectivity index (χ4v) is 3.72. The molecule has 0 saturated heterocycles. The fraction of sp³-hybridized carbons (Fsp3) is 0.375. The number of ether oxygens (including phenoxy) is 1. The van der Waals surface area contributed by atoms with E-state index in [0.717, 1.165) is 36.6 Å². The number of carbonyl (C=O) groups excluding carboxylic acids is 2. The second kappa shape index (κ2) is 14.2. The van der Waals surface area contributed by atoms with Crippen molar-refractivity contribution >= 4 is 68.1 Å². The smallest absolute Gasteiger partial charge is 0.261 e. The monoisotopic (exact) mass is 553 g/mol. The summed E-state index contributed by atoms with van der Waals surface area (Å²) in [5.74, 6) is 0.00748. The molecule has 0 bridgehead atoms. The number of unbranched alkanes of at least 4 members (excludes halogenated alkanes) is 3. The van der Waals surface area contributed by atoms with E-state index in [0.29, 0.717) is 40.7 Å². The lowest BCUT2D eigenvalue weighted by molar-refractivity contribution is -0.116. The van der Waals surface area contributed by atoms with E-state index in [1.54, 1.807) is 30.3 Å². The molecule has 0 aliphatic heterocycles. The van der Waals surface area contributed by atoms with Gasteiger partial charge in [-0.2, -0.15) is 0 Å². The molecule has 0 atom stereocenters. The van der Waals surface area contributed by atoms with Gasteiger partial charge in [0.2, 0.25) is 5.91 Å². The van der Waals surface area contributed by atoms with Gasteiger partial charge in [0.05, 0.1) is 22.9 Å². The van der Waals surface area contributed by atoms with Gasteiger partial charge >= 0.3 is 0 Å². The molecule has 0 radical (unpaired) electrons. The molecule has 0 saturated carbocycles. The van der Waals surface area contributed by atoms with Crippen molar-refractivity contribution in [1.29, 1.82) is 0 Å². The van der Waals surface area contributed by atoms with Gasteiger partial charge in [-0.3, -0.25) is 14.9 Å². The Kier molecular flexibility index (Phi) is 11.6. The molecule has 2 amide bonds. The van der Waals surface area contributed by atoms with Crippen LogP contribution in [-0.4, -0.2) is 23.5 Å². The first-order chi connectivity index (χ1) is 15.8.